The average Bonchev–Trinajstić information content (AvgIpc) is 3.20. The Bertz CT molecular complexity index is 1250. The molecule has 3 atom stereocenters. The van der Waals surface area contributed by atoms with Crippen molar-refractivity contribution in [3.8, 4) is 0 Å². The fourth-order valence-corrected chi connectivity index (χ4v) is 7.55. The number of aliphatic hydroxyl groups is 1. The lowest BCUT2D eigenvalue weighted by Crippen LogP contribution is -2.30. The summed E-state index contributed by atoms with van der Waals surface area (Å²) in [5.74, 6) is -0.122. The van der Waals surface area contributed by atoms with E-state index in [1.807, 2.05) is 12.2 Å². The van der Waals surface area contributed by atoms with Gasteiger partial charge in [-0.1, -0.05) is 167 Å². The number of hydrogen-bond donors (Lipinski definition) is 4. The molecule has 0 bridgehead atoms. The number of carbonyl (C=O) groups excluding carboxylic acids is 3. The van der Waals surface area contributed by atoms with Crippen molar-refractivity contribution < 1.29 is 66.3 Å². The third kappa shape index (κ3) is 44.7. The van der Waals surface area contributed by atoms with E-state index in [0.29, 0.717) is 19.3 Å². The molecule has 0 rings (SSSR count). The van der Waals surface area contributed by atoms with Gasteiger partial charge < -0.3 is 29.3 Å². The normalized spacial score (nSPS) is 14.2. The maximum atomic E-state index is 12.7. The van der Waals surface area contributed by atoms with Crippen LogP contribution >= 0.6 is 15.6 Å². The van der Waals surface area contributed by atoms with Crippen LogP contribution in [0.1, 0.15) is 201 Å². The van der Waals surface area contributed by atoms with Gasteiger partial charge in [0.25, 0.3) is 0 Å². The van der Waals surface area contributed by atoms with E-state index in [4.69, 9.17) is 23.8 Å². The predicted octanol–water partition coefficient (Wildman–Crippen LogP) is 11.3. The van der Waals surface area contributed by atoms with Gasteiger partial charge in [0.05, 0.1) is 19.8 Å². The lowest BCUT2D eigenvalue weighted by atomic mass is 10.0. The Hall–Kier alpha value is -1.73. The fraction of sp³-hybridized carbons (Fsp3) is 0.844. The molecule has 0 saturated heterocycles. The van der Waals surface area contributed by atoms with Crippen LogP contribution < -0.4 is 0 Å². The zero-order valence-electron chi connectivity index (χ0n) is 37.9. The maximum absolute atomic E-state index is 12.7. The van der Waals surface area contributed by atoms with Gasteiger partial charge in [-0.3, -0.25) is 28.0 Å². The van der Waals surface area contributed by atoms with Crippen LogP contribution in [0, 0.1) is 5.92 Å². The van der Waals surface area contributed by atoms with Crippen LogP contribution in [0.3, 0.4) is 0 Å². The zero-order valence-corrected chi connectivity index (χ0v) is 39.7. The summed E-state index contributed by atoms with van der Waals surface area (Å²) in [5, 5.41) is 9.75. The van der Waals surface area contributed by atoms with Gasteiger partial charge in [-0.15, -0.1) is 0 Å². The summed E-state index contributed by atoms with van der Waals surface area (Å²) in [4.78, 5) is 64.5. The molecular weight excluding hydrogens is 826 g/mol. The summed E-state index contributed by atoms with van der Waals surface area (Å²) in [6, 6.07) is 0. The number of rotatable bonds is 44. The van der Waals surface area contributed by atoms with Crippen molar-refractivity contribution in [2.75, 3.05) is 26.4 Å². The number of phosphoric ester groups is 2. The zero-order chi connectivity index (χ0) is 45.5. The van der Waals surface area contributed by atoms with Gasteiger partial charge in [-0.2, -0.15) is 0 Å². The third-order valence-corrected chi connectivity index (χ3v) is 11.4. The molecule has 61 heavy (non-hydrogen) atoms. The Labute approximate surface area is 368 Å². The van der Waals surface area contributed by atoms with Crippen LogP contribution in [0.5, 0.6) is 0 Å². The number of ether oxygens (including phenoxy) is 2. The van der Waals surface area contributed by atoms with Gasteiger partial charge in [-0.05, 0) is 44.1 Å². The highest BCUT2D eigenvalue weighted by Crippen LogP contribution is 2.43. The first-order valence-corrected chi connectivity index (χ1v) is 26.4. The first-order chi connectivity index (χ1) is 29.1. The molecule has 16 heteroatoms. The molecule has 0 spiro atoms. The van der Waals surface area contributed by atoms with Crippen LogP contribution in [0.2, 0.25) is 0 Å². The van der Waals surface area contributed by atoms with Gasteiger partial charge in [0.2, 0.25) is 0 Å². The minimum absolute atomic E-state index is 0.118. The van der Waals surface area contributed by atoms with E-state index in [-0.39, 0.29) is 18.6 Å². The highest BCUT2D eigenvalue weighted by Gasteiger charge is 2.28. The molecule has 0 saturated carbocycles. The summed E-state index contributed by atoms with van der Waals surface area (Å²) < 4.78 is 47.8. The van der Waals surface area contributed by atoms with Crippen molar-refractivity contribution in [2.24, 2.45) is 5.92 Å². The molecule has 0 aliphatic carbocycles. The maximum Gasteiger partial charge on any atom is 0.472 e. The monoisotopic (exact) mass is 911 g/mol. The van der Waals surface area contributed by atoms with Gasteiger partial charge in [0.15, 0.2) is 11.9 Å². The molecule has 14 nitrogen and oxygen atoms in total. The smallest absolute Gasteiger partial charge is 0.462 e. The SMILES string of the molecule is CCCCCC(=O)/C=C/C=C\CCCCCCCC(=O)OC[C@H](COP(=O)(O)OC[C@@H](O)COP(=O)(O)O)OC(=O)CCCCCCCCCCCCCCCCCC(C)C. The van der Waals surface area contributed by atoms with Crippen molar-refractivity contribution in [1.29, 1.82) is 0 Å². The molecule has 4 N–H and O–H groups in total. The number of unbranched alkanes of at least 4 members (excludes halogenated alkanes) is 21. The second kappa shape index (κ2) is 39.8. The van der Waals surface area contributed by atoms with Gasteiger partial charge in [0, 0.05) is 19.3 Å². The molecule has 0 heterocycles. The van der Waals surface area contributed by atoms with E-state index >= 15 is 0 Å². The largest absolute Gasteiger partial charge is 0.472 e. The first kappa shape index (κ1) is 59.3. The molecule has 0 aromatic heterocycles. The second-order valence-electron chi connectivity index (χ2n) is 16.5. The Morgan fingerprint density at radius 3 is 1.57 bits per heavy atom. The standard InChI is InChI=1S/C45H84O14P2/c1-4-5-26-32-41(46)33-28-23-19-15-13-17-20-24-29-34-44(48)55-38-43(39-58-61(53,54)57-37-42(47)36-56-60(50,51)52)59-45(49)35-30-25-21-16-12-10-8-6-7-9-11-14-18-22-27-31-40(2)3/h19,23,28,33,40,42-43,47H,4-18,20-22,24-27,29-32,34-39H2,1-3H3,(H,53,54)(H2,50,51,52)/b23-19-,33-28+/t42-,43+/m0/s1. The molecule has 0 aromatic carbocycles. The van der Waals surface area contributed by atoms with Crippen LogP contribution in [0.15, 0.2) is 24.3 Å². The number of phosphoric acid groups is 2. The molecule has 1 unspecified atom stereocenters. The lowest BCUT2D eigenvalue weighted by Gasteiger charge is -2.20. The van der Waals surface area contributed by atoms with Crippen molar-refractivity contribution >= 4 is 33.4 Å². The summed E-state index contributed by atoms with van der Waals surface area (Å²) in [6.45, 7) is 3.91. The summed E-state index contributed by atoms with van der Waals surface area (Å²) in [7, 11) is -9.70. The molecule has 358 valence electrons. The second-order valence-corrected chi connectivity index (χ2v) is 19.2. The molecular formula is C45H84O14P2. The Morgan fingerprint density at radius 1 is 0.557 bits per heavy atom. The van der Waals surface area contributed by atoms with E-state index in [1.54, 1.807) is 12.2 Å². The summed E-state index contributed by atoms with van der Waals surface area (Å²) in [6.07, 6.45) is 32.9. The predicted molar refractivity (Wildman–Crippen MR) is 240 cm³/mol. The number of allylic oxidation sites excluding steroid dienone is 4. The summed E-state index contributed by atoms with van der Waals surface area (Å²) >= 11 is 0. The Kier molecular flexibility index (Phi) is 38.7. The van der Waals surface area contributed by atoms with Crippen LogP contribution in [-0.2, 0) is 46.6 Å². The van der Waals surface area contributed by atoms with E-state index < -0.39 is 66.2 Å². The first-order valence-electron chi connectivity index (χ1n) is 23.3. The molecule has 0 amide bonds. The van der Waals surface area contributed by atoms with E-state index in [2.05, 4.69) is 29.8 Å². The minimum Gasteiger partial charge on any atom is -0.462 e. The highest BCUT2D eigenvalue weighted by atomic mass is 31.2. The molecule has 0 aromatic rings. The van der Waals surface area contributed by atoms with E-state index in [9.17, 15) is 33.5 Å². The molecule has 0 aliphatic rings. The quantitative estimate of drug-likeness (QED) is 0.0147. The lowest BCUT2D eigenvalue weighted by molar-refractivity contribution is -0.161. The van der Waals surface area contributed by atoms with Gasteiger partial charge >= 0.3 is 27.6 Å². The average molecular weight is 911 g/mol. The van der Waals surface area contributed by atoms with Crippen molar-refractivity contribution in [1.82, 2.24) is 0 Å². The summed E-state index contributed by atoms with van der Waals surface area (Å²) in [5.41, 5.74) is 0. The minimum atomic E-state index is -4.87. The number of hydrogen-bond acceptors (Lipinski definition) is 11. The number of carbonyl (C=O) groups is 3. The van der Waals surface area contributed by atoms with Gasteiger partial charge in [0.1, 0.15) is 12.7 Å². The topological polar surface area (TPSA) is 212 Å². The number of esters is 2. The van der Waals surface area contributed by atoms with E-state index in [0.717, 1.165) is 76.5 Å². The van der Waals surface area contributed by atoms with Crippen LogP contribution in [-0.4, -0.2) is 76.1 Å². The number of ketones is 1. The molecule has 0 aliphatic heterocycles. The van der Waals surface area contributed by atoms with Crippen molar-refractivity contribution in [3.63, 3.8) is 0 Å². The van der Waals surface area contributed by atoms with Crippen molar-refractivity contribution in [2.45, 2.75) is 213 Å². The van der Waals surface area contributed by atoms with Crippen LogP contribution in [0.4, 0.5) is 0 Å². The Balaban J connectivity index is 4.50. The van der Waals surface area contributed by atoms with Crippen LogP contribution in [0.25, 0.3) is 0 Å². The van der Waals surface area contributed by atoms with Crippen molar-refractivity contribution in [3.05, 3.63) is 24.3 Å². The molecule has 0 radical (unpaired) electrons. The highest BCUT2D eigenvalue weighted by molar-refractivity contribution is 7.47. The fourth-order valence-electron chi connectivity index (χ4n) is 6.40. The van der Waals surface area contributed by atoms with Gasteiger partial charge in [-0.25, -0.2) is 9.13 Å². The third-order valence-electron chi connectivity index (χ3n) is 9.99. The molecule has 0 fully saturated rings. The Morgan fingerprint density at radius 2 is 1.03 bits per heavy atom. The number of aliphatic hydroxyl groups excluding tert-OH is 1. The van der Waals surface area contributed by atoms with E-state index in [1.165, 1.54) is 77.0 Å².